The van der Waals surface area contributed by atoms with Crippen LogP contribution in [0, 0.1) is 0 Å². The zero-order chi connectivity index (χ0) is 18.4. The van der Waals surface area contributed by atoms with Crippen LogP contribution in [0.5, 0.6) is 11.5 Å². The minimum atomic E-state index is -0.577. The number of hydrogen-bond acceptors (Lipinski definition) is 4. The molecule has 0 atom stereocenters. The zero-order valence-corrected chi connectivity index (χ0v) is 15.6. The Morgan fingerprint density at radius 3 is 2.44 bits per heavy atom. The van der Waals surface area contributed by atoms with Gasteiger partial charge >= 0.3 is 0 Å². The molecule has 5 nitrogen and oxygen atoms in total. The Morgan fingerprint density at radius 2 is 1.80 bits per heavy atom. The Hall–Kier alpha value is -1.66. The summed E-state index contributed by atoms with van der Waals surface area (Å²) in [6, 6.07) is 8.49. The molecule has 2 rings (SSSR count). The predicted octanol–water partition coefficient (Wildman–Crippen LogP) is 4.31. The van der Waals surface area contributed by atoms with Crippen molar-refractivity contribution in [3.8, 4) is 11.5 Å². The third-order valence-electron chi connectivity index (χ3n) is 3.31. The molecule has 0 radical (unpaired) electrons. The summed E-state index contributed by atoms with van der Waals surface area (Å²) >= 11 is 17.7. The van der Waals surface area contributed by atoms with E-state index in [-0.39, 0.29) is 27.2 Å². The van der Waals surface area contributed by atoms with E-state index >= 15 is 0 Å². The number of phenolic OH excluding ortho intramolecular Hbond substituents is 1. The van der Waals surface area contributed by atoms with Gasteiger partial charge in [-0.2, -0.15) is 0 Å². The number of benzene rings is 2. The van der Waals surface area contributed by atoms with Gasteiger partial charge in [-0.3, -0.25) is 4.79 Å². The van der Waals surface area contributed by atoms with Crippen molar-refractivity contribution < 1.29 is 19.4 Å². The summed E-state index contributed by atoms with van der Waals surface area (Å²) in [4.78, 5) is 12.3. The highest BCUT2D eigenvalue weighted by atomic mass is 35.5. The number of amides is 1. The number of phenols is 1. The lowest BCUT2D eigenvalue weighted by molar-refractivity contribution is 0.0948. The van der Waals surface area contributed by atoms with Crippen molar-refractivity contribution in [1.29, 1.82) is 0 Å². The summed E-state index contributed by atoms with van der Waals surface area (Å²) in [6.07, 6.45) is 0. The molecule has 2 aromatic rings. The van der Waals surface area contributed by atoms with Gasteiger partial charge in [-0.05, 0) is 23.8 Å². The number of methoxy groups -OCH3 is 1. The van der Waals surface area contributed by atoms with Crippen LogP contribution in [0.4, 0.5) is 0 Å². The van der Waals surface area contributed by atoms with Gasteiger partial charge < -0.3 is 19.9 Å². The summed E-state index contributed by atoms with van der Waals surface area (Å²) in [7, 11) is 1.60. The van der Waals surface area contributed by atoms with Gasteiger partial charge in [0.2, 0.25) is 0 Å². The van der Waals surface area contributed by atoms with E-state index in [4.69, 9.17) is 44.3 Å². The van der Waals surface area contributed by atoms with Crippen LogP contribution in [0.15, 0.2) is 30.3 Å². The molecule has 0 saturated heterocycles. The van der Waals surface area contributed by atoms with Gasteiger partial charge in [0, 0.05) is 13.7 Å². The first kappa shape index (κ1) is 19.7. The number of carbonyl (C=O) groups is 1. The molecule has 0 unspecified atom stereocenters. The van der Waals surface area contributed by atoms with Gasteiger partial charge in [-0.15, -0.1) is 0 Å². The Balaban J connectivity index is 2.01. The molecular weight excluding hydrogens is 389 g/mol. The fourth-order valence-electron chi connectivity index (χ4n) is 2.01. The maximum absolute atomic E-state index is 12.3. The van der Waals surface area contributed by atoms with Gasteiger partial charge in [0.05, 0.1) is 21.7 Å². The van der Waals surface area contributed by atoms with E-state index in [1.807, 2.05) is 12.1 Å². The molecule has 0 fully saturated rings. The molecule has 0 aliphatic rings. The van der Waals surface area contributed by atoms with Crippen molar-refractivity contribution in [3.63, 3.8) is 0 Å². The van der Waals surface area contributed by atoms with E-state index in [9.17, 15) is 9.90 Å². The van der Waals surface area contributed by atoms with Crippen molar-refractivity contribution in [2.24, 2.45) is 0 Å². The average molecular weight is 405 g/mol. The van der Waals surface area contributed by atoms with E-state index in [0.29, 0.717) is 19.0 Å². The van der Waals surface area contributed by atoms with Gasteiger partial charge in [-0.25, -0.2) is 0 Å². The van der Waals surface area contributed by atoms with Crippen molar-refractivity contribution in [3.05, 3.63) is 56.5 Å². The maximum Gasteiger partial charge on any atom is 0.256 e. The van der Waals surface area contributed by atoms with Crippen molar-refractivity contribution >= 4 is 40.7 Å². The van der Waals surface area contributed by atoms with Crippen LogP contribution in [0.1, 0.15) is 15.9 Å². The van der Waals surface area contributed by atoms with Crippen LogP contribution in [0.25, 0.3) is 0 Å². The summed E-state index contributed by atoms with van der Waals surface area (Å²) in [5, 5.41) is 12.6. The van der Waals surface area contributed by atoms with Crippen LogP contribution in [-0.2, 0) is 11.3 Å². The average Bonchev–Trinajstić information content (AvgIpc) is 2.60. The van der Waals surface area contributed by atoms with Gasteiger partial charge in [0.25, 0.3) is 5.91 Å². The molecule has 2 N–H and O–H groups in total. The molecule has 8 heteroatoms. The molecule has 0 aromatic heterocycles. The Bertz CT molecular complexity index is 724. The number of ether oxygens (including phenoxy) is 2. The van der Waals surface area contributed by atoms with Crippen LogP contribution in [0.2, 0.25) is 15.1 Å². The van der Waals surface area contributed by atoms with Crippen LogP contribution < -0.4 is 10.1 Å². The topological polar surface area (TPSA) is 67.8 Å². The normalized spacial score (nSPS) is 10.6. The molecular formula is C17H16Cl3NO4. The summed E-state index contributed by atoms with van der Waals surface area (Å²) < 4.78 is 10.4. The monoisotopic (exact) mass is 403 g/mol. The van der Waals surface area contributed by atoms with E-state index < -0.39 is 11.7 Å². The number of hydrogen-bond donors (Lipinski definition) is 2. The van der Waals surface area contributed by atoms with E-state index in [0.717, 1.165) is 5.56 Å². The molecule has 0 spiro atoms. The lowest BCUT2D eigenvalue weighted by atomic mass is 10.1. The second-order valence-electron chi connectivity index (χ2n) is 5.05. The van der Waals surface area contributed by atoms with Crippen LogP contribution in [-0.4, -0.2) is 31.3 Å². The second kappa shape index (κ2) is 9.15. The SMILES string of the molecule is COCCOc1ccc(CNC(=O)c2c(O)c(Cl)cc(Cl)c2Cl)cc1. The molecule has 0 saturated carbocycles. The van der Waals surface area contributed by atoms with Crippen molar-refractivity contribution in [1.82, 2.24) is 5.32 Å². The quantitative estimate of drug-likeness (QED) is 0.533. The number of rotatable bonds is 7. The highest BCUT2D eigenvalue weighted by Crippen LogP contribution is 2.38. The lowest BCUT2D eigenvalue weighted by Gasteiger charge is -2.11. The molecule has 2 aromatic carbocycles. The third kappa shape index (κ3) is 5.16. The van der Waals surface area contributed by atoms with Crippen LogP contribution in [0.3, 0.4) is 0 Å². The van der Waals surface area contributed by atoms with Crippen LogP contribution >= 0.6 is 34.8 Å². The summed E-state index contributed by atoms with van der Waals surface area (Å²) in [5.74, 6) is -0.280. The fraction of sp³-hybridized carbons (Fsp3) is 0.235. The standard InChI is InChI=1S/C17H16Cl3NO4/c1-24-6-7-25-11-4-2-10(3-5-11)9-21-17(23)14-15(20)12(18)8-13(19)16(14)22/h2-5,8,22H,6-7,9H2,1H3,(H,21,23). The zero-order valence-electron chi connectivity index (χ0n) is 13.3. The Labute approximate surface area is 160 Å². The molecule has 0 aliphatic carbocycles. The van der Waals surface area contributed by atoms with Gasteiger partial charge in [0.15, 0.2) is 0 Å². The van der Waals surface area contributed by atoms with Crippen molar-refractivity contribution in [2.45, 2.75) is 6.54 Å². The third-order valence-corrected chi connectivity index (χ3v) is 4.38. The first-order valence-electron chi connectivity index (χ1n) is 7.29. The minimum absolute atomic E-state index is 0.0443. The molecule has 0 aliphatic heterocycles. The second-order valence-corrected chi connectivity index (χ2v) is 6.24. The van der Waals surface area contributed by atoms with E-state index in [1.165, 1.54) is 6.07 Å². The maximum atomic E-state index is 12.3. The first-order chi connectivity index (χ1) is 11.9. The highest BCUT2D eigenvalue weighted by Gasteiger charge is 2.21. The number of nitrogens with one attached hydrogen (secondary N) is 1. The molecule has 134 valence electrons. The smallest absolute Gasteiger partial charge is 0.256 e. The van der Waals surface area contributed by atoms with Crippen molar-refractivity contribution in [2.75, 3.05) is 20.3 Å². The van der Waals surface area contributed by atoms with Gasteiger partial charge in [0.1, 0.15) is 23.7 Å². The molecule has 25 heavy (non-hydrogen) atoms. The predicted molar refractivity (Wildman–Crippen MR) is 98.1 cm³/mol. The number of aromatic hydroxyl groups is 1. The molecule has 0 heterocycles. The number of halogens is 3. The summed E-state index contributed by atoms with van der Waals surface area (Å²) in [6.45, 7) is 1.20. The molecule has 0 bridgehead atoms. The minimum Gasteiger partial charge on any atom is -0.505 e. The fourth-order valence-corrected chi connectivity index (χ4v) is 2.70. The van der Waals surface area contributed by atoms with E-state index in [1.54, 1.807) is 19.2 Å². The number of carbonyl (C=O) groups excluding carboxylic acids is 1. The van der Waals surface area contributed by atoms with Gasteiger partial charge in [-0.1, -0.05) is 46.9 Å². The summed E-state index contributed by atoms with van der Waals surface area (Å²) in [5.41, 5.74) is 0.690. The Morgan fingerprint density at radius 1 is 1.12 bits per heavy atom. The lowest BCUT2D eigenvalue weighted by Crippen LogP contribution is -2.23. The molecule has 1 amide bonds. The largest absolute Gasteiger partial charge is 0.505 e. The highest BCUT2D eigenvalue weighted by molar-refractivity contribution is 6.45. The first-order valence-corrected chi connectivity index (χ1v) is 8.42. The van der Waals surface area contributed by atoms with E-state index in [2.05, 4.69) is 5.32 Å². The Kier molecular flexibility index (Phi) is 7.20.